The molecule has 2 N–H and O–H groups in total. The predicted octanol–water partition coefficient (Wildman–Crippen LogP) is 1.95. The molecule has 0 amide bonds. The van der Waals surface area contributed by atoms with Crippen molar-refractivity contribution in [3.05, 3.63) is 11.9 Å². The van der Waals surface area contributed by atoms with Crippen molar-refractivity contribution < 1.29 is 4.74 Å². The highest BCUT2D eigenvalue weighted by Crippen LogP contribution is 2.18. The summed E-state index contributed by atoms with van der Waals surface area (Å²) in [6, 6.07) is 2.55. The van der Waals surface area contributed by atoms with Crippen molar-refractivity contribution in [2.75, 3.05) is 43.9 Å². The highest BCUT2D eigenvalue weighted by molar-refractivity contribution is 5.47. The molecule has 1 aliphatic rings. The van der Waals surface area contributed by atoms with Gasteiger partial charge in [-0.15, -0.1) is 0 Å². The molecule has 1 aliphatic heterocycles. The molecule has 0 aliphatic carbocycles. The van der Waals surface area contributed by atoms with Crippen LogP contribution in [0.5, 0.6) is 0 Å². The monoisotopic (exact) mass is 293 g/mol. The standard InChI is InChI=1S/C15H27N5O/c1-4-20-8-6-7-12(20)10-17-14-9-13(16-3)18-15(19-14)11-21-5-2/h9,12H,4-8,10-11H2,1-3H3,(H2,16,17,18,19). The van der Waals surface area contributed by atoms with E-state index in [2.05, 4.69) is 32.4 Å². The van der Waals surface area contributed by atoms with Crippen molar-refractivity contribution in [3.8, 4) is 0 Å². The fraction of sp³-hybridized carbons (Fsp3) is 0.733. The van der Waals surface area contributed by atoms with Crippen LogP contribution in [0.2, 0.25) is 0 Å². The zero-order chi connectivity index (χ0) is 15.1. The van der Waals surface area contributed by atoms with Crippen molar-refractivity contribution in [1.29, 1.82) is 0 Å². The first-order valence-electron chi connectivity index (χ1n) is 7.88. The van der Waals surface area contributed by atoms with Gasteiger partial charge in [0.2, 0.25) is 0 Å². The van der Waals surface area contributed by atoms with E-state index in [-0.39, 0.29) is 0 Å². The average Bonchev–Trinajstić information content (AvgIpc) is 2.98. The number of hydrogen-bond donors (Lipinski definition) is 2. The molecule has 1 fully saturated rings. The van der Waals surface area contributed by atoms with Crippen LogP contribution in [0.1, 0.15) is 32.5 Å². The van der Waals surface area contributed by atoms with E-state index >= 15 is 0 Å². The van der Waals surface area contributed by atoms with Crippen molar-refractivity contribution in [2.24, 2.45) is 0 Å². The van der Waals surface area contributed by atoms with Gasteiger partial charge < -0.3 is 15.4 Å². The van der Waals surface area contributed by atoms with Crippen molar-refractivity contribution >= 4 is 11.6 Å². The van der Waals surface area contributed by atoms with Gasteiger partial charge in [-0.3, -0.25) is 4.90 Å². The molecule has 6 nitrogen and oxygen atoms in total. The van der Waals surface area contributed by atoms with E-state index in [4.69, 9.17) is 4.74 Å². The number of aromatic nitrogens is 2. The van der Waals surface area contributed by atoms with E-state index in [1.165, 1.54) is 19.4 Å². The van der Waals surface area contributed by atoms with E-state index in [1.807, 2.05) is 20.0 Å². The predicted molar refractivity (Wildman–Crippen MR) is 85.7 cm³/mol. The van der Waals surface area contributed by atoms with Gasteiger partial charge in [0.15, 0.2) is 5.82 Å². The van der Waals surface area contributed by atoms with Gasteiger partial charge in [-0.05, 0) is 32.9 Å². The Morgan fingerprint density at radius 2 is 2.14 bits per heavy atom. The lowest BCUT2D eigenvalue weighted by atomic mass is 10.2. The number of rotatable bonds is 8. The number of nitrogens with one attached hydrogen (secondary N) is 2. The minimum Gasteiger partial charge on any atom is -0.374 e. The first kappa shape index (κ1) is 16.0. The first-order chi connectivity index (χ1) is 10.3. The van der Waals surface area contributed by atoms with Crippen LogP contribution in [0.15, 0.2) is 6.07 Å². The van der Waals surface area contributed by atoms with Gasteiger partial charge in [-0.2, -0.15) is 0 Å². The van der Waals surface area contributed by atoms with Crippen LogP contribution in [0.3, 0.4) is 0 Å². The van der Waals surface area contributed by atoms with Gasteiger partial charge >= 0.3 is 0 Å². The average molecular weight is 293 g/mol. The minimum atomic E-state index is 0.450. The molecule has 1 unspecified atom stereocenters. The summed E-state index contributed by atoms with van der Waals surface area (Å²) >= 11 is 0. The van der Waals surface area contributed by atoms with Gasteiger partial charge in [0.1, 0.15) is 18.2 Å². The Balaban J connectivity index is 1.97. The second-order valence-electron chi connectivity index (χ2n) is 5.25. The summed E-state index contributed by atoms with van der Waals surface area (Å²) in [6.07, 6.45) is 2.55. The van der Waals surface area contributed by atoms with Crippen LogP contribution < -0.4 is 10.6 Å². The largest absolute Gasteiger partial charge is 0.374 e. The zero-order valence-corrected chi connectivity index (χ0v) is 13.4. The fourth-order valence-electron chi connectivity index (χ4n) is 2.74. The molecule has 118 valence electrons. The first-order valence-corrected chi connectivity index (χ1v) is 7.88. The molecule has 2 rings (SSSR count). The summed E-state index contributed by atoms with van der Waals surface area (Å²) in [7, 11) is 1.87. The number of anilines is 2. The van der Waals surface area contributed by atoms with Gasteiger partial charge in [-0.1, -0.05) is 6.92 Å². The van der Waals surface area contributed by atoms with Crippen LogP contribution in [-0.4, -0.2) is 54.2 Å². The van der Waals surface area contributed by atoms with E-state index in [0.29, 0.717) is 25.1 Å². The maximum atomic E-state index is 5.40. The third kappa shape index (κ3) is 4.54. The highest BCUT2D eigenvalue weighted by Gasteiger charge is 2.22. The molecule has 2 heterocycles. The SMILES string of the molecule is CCOCc1nc(NC)cc(NCC2CCCN2CC)n1. The summed E-state index contributed by atoms with van der Waals surface area (Å²) in [5.41, 5.74) is 0. The fourth-order valence-corrected chi connectivity index (χ4v) is 2.74. The van der Waals surface area contributed by atoms with Gasteiger partial charge in [0.25, 0.3) is 0 Å². The number of ether oxygens (including phenoxy) is 1. The molecule has 0 aromatic carbocycles. The molecule has 1 aromatic rings. The quantitative estimate of drug-likeness (QED) is 0.764. The maximum Gasteiger partial charge on any atom is 0.158 e. The third-order valence-electron chi connectivity index (χ3n) is 3.89. The third-order valence-corrected chi connectivity index (χ3v) is 3.89. The number of hydrogen-bond acceptors (Lipinski definition) is 6. The highest BCUT2D eigenvalue weighted by atomic mass is 16.5. The van der Waals surface area contributed by atoms with Crippen molar-refractivity contribution in [1.82, 2.24) is 14.9 Å². The lowest BCUT2D eigenvalue weighted by Crippen LogP contribution is -2.34. The number of nitrogens with zero attached hydrogens (tertiary/aromatic N) is 3. The van der Waals surface area contributed by atoms with Gasteiger partial charge in [0.05, 0.1) is 0 Å². The molecule has 1 saturated heterocycles. The second kappa shape index (κ2) is 8.14. The van der Waals surface area contributed by atoms with Crippen LogP contribution in [-0.2, 0) is 11.3 Å². The molecular formula is C15H27N5O. The Bertz CT molecular complexity index is 440. The minimum absolute atomic E-state index is 0.450. The van der Waals surface area contributed by atoms with Crippen LogP contribution in [0.25, 0.3) is 0 Å². The Hall–Kier alpha value is -1.40. The number of likely N-dealkylation sites (tertiary alicyclic amines) is 1. The summed E-state index contributed by atoms with van der Waals surface area (Å²) in [4.78, 5) is 11.4. The molecule has 0 bridgehead atoms. The van der Waals surface area contributed by atoms with Gasteiger partial charge in [-0.25, -0.2) is 9.97 Å². The van der Waals surface area contributed by atoms with Gasteiger partial charge in [0, 0.05) is 32.3 Å². The Morgan fingerprint density at radius 1 is 1.33 bits per heavy atom. The van der Waals surface area contributed by atoms with Crippen LogP contribution >= 0.6 is 0 Å². The molecule has 1 aromatic heterocycles. The zero-order valence-electron chi connectivity index (χ0n) is 13.4. The molecule has 21 heavy (non-hydrogen) atoms. The van der Waals surface area contributed by atoms with E-state index in [0.717, 1.165) is 24.7 Å². The van der Waals surface area contributed by atoms with Crippen molar-refractivity contribution in [3.63, 3.8) is 0 Å². The summed E-state index contributed by atoms with van der Waals surface area (Å²) in [5.74, 6) is 2.40. The normalized spacial score (nSPS) is 18.9. The molecule has 0 radical (unpaired) electrons. The number of likely N-dealkylation sites (N-methyl/N-ethyl adjacent to an activating group) is 1. The lowest BCUT2D eigenvalue weighted by molar-refractivity contribution is 0.128. The van der Waals surface area contributed by atoms with E-state index in [1.54, 1.807) is 0 Å². The lowest BCUT2D eigenvalue weighted by Gasteiger charge is -2.23. The maximum absolute atomic E-state index is 5.40. The second-order valence-corrected chi connectivity index (χ2v) is 5.25. The van der Waals surface area contributed by atoms with Crippen LogP contribution in [0.4, 0.5) is 11.6 Å². The smallest absolute Gasteiger partial charge is 0.158 e. The molecule has 0 saturated carbocycles. The Kier molecular flexibility index (Phi) is 6.20. The van der Waals surface area contributed by atoms with E-state index < -0.39 is 0 Å². The summed E-state index contributed by atoms with van der Waals surface area (Å²) < 4.78 is 5.40. The summed E-state index contributed by atoms with van der Waals surface area (Å²) in [6.45, 7) is 8.58. The van der Waals surface area contributed by atoms with E-state index in [9.17, 15) is 0 Å². The molecule has 1 atom stereocenters. The summed E-state index contributed by atoms with van der Waals surface area (Å²) in [5, 5.41) is 6.53. The Morgan fingerprint density at radius 3 is 2.86 bits per heavy atom. The molecule has 0 spiro atoms. The molecular weight excluding hydrogens is 266 g/mol. The molecule has 6 heteroatoms. The van der Waals surface area contributed by atoms with Crippen molar-refractivity contribution in [2.45, 2.75) is 39.3 Å². The van der Waals surface area contributed by atoms with Crippen LogP contribution in [0, 0.1) is 0 Å². The topological polar surface area (TPSA) is 62.3 Å². The Labute approximate surface area is 127 Å².